The molecule has 3 aromatic rings. The Bertz CT molecular complexity index is 1230. The summed E-state index contributed by atoms with van der Waals surface area (Å²) in [6.07, 6.45) is 4.61. The molecular formula is C26H31F2N3O4. The number of carbonyl (C=O) groups excluding carboxylic acids is 1. The van der Waals surface area contributed by atoms with Gasteiger partial charge in [0.25, 0.3) is 5.91 Å². The molecule has 0 bridgehead atoms. The Morgan fingerprint density at radius 1 is 1.23 bits per heavy atom. The van der Waals surface area contributed by atoms with Gasteiger partial charge in [0.05, 0.1) is 25.1 Å². The van der Waals surface area contributed by atoms with Crippen LogP contribution in [0.3, 0.4) is 0 Å². The van der Waals surface area contributed by atoms with E-state index >= 15 is 0 Å². The van der Waals surface area contributed by atoms with Gasteiger partial charge in [-0.15, -0.1) is 0 Å². The maximum atomic E-state index is 13.2. The van der Waals surface area contributed by atoms with Crippen molar-refractivity contribution in [3.8, 4) is 22.8 Å². The molecule has 2 N–H and O–H groups in total. The Balaban J connectivity index is 1.78. The zero-order valence-corrected chi connectivity index (χ0v) is 20.5. The fourth-order valence-corrected chi connectivity index (χ4v) is 4.40. The number of fused-ring (bicyclic) bond motifs is 1. The number of carbonyl (C=O) groups is 1. The first-order chi connectivity index (χ1) is 16.5. The molecule has 4 rings (SSSR count). The van der Waals surface area contributed by atoms with E-state index in [1.807, 2.05) is 50.4 Å². The standard InChI is InChI=1S/C26H31F2N3O4/c1-14(2)23(32)26(3,4)16-8-9-31-18(13-29-21(31)12-16)15-10-19(34-5)22(20(11-15)35-25(27)28)24(33)30-17-6-7-17/h8-14,17,23,25,32H,6-7H2,1-5H3,(H,30,33). The Morgan fingerprint density at radius 2 is 1.91 bits per heavy atom. The SMILES string of the molecule is COc1cc(-c2cnc3cc(C(C)(C)C(O)C(C)C)ccn23)cc(OC(F)F)c1C(=O)NC1CC1. The number of rotatable bonds is 9. The van der Waals surface area contributed by atoms with Crippen molar-refractivity contribution in [1.82, 2.24) is 14.7 Å². The number of aromatic nitrogens is 2. The van der Waals surface area contributed by atoms with Crippen molar-refractivity contribution in [2.75, 3.05) is 7.11 Å². The van der Waals surface area contributed by atoms with Gasteiger partial charge < -0.3 is 19.9 Å². The Kier molecular flexibility index (Phi) is 6.73. The minimum Gasteiger partial charge on any atom is -0.496 e. The molecule has 0 radical (unpaired) electrons. The predicted molar refractivity (Wildman–Crippen MR) is 128 cm³/mol. The molecule has 2 heterocycles. The van der Waals surface area contributed by atoms with Gasteiger partial charge in [-0.25, -0.2) is 4.98 Å². The molecule has 7 nitrogen and oxygen atoms in total. The Morgan fingerprint density at radius 3 is 2.51 bits per heavy atom. The molecule has 1 fully saturated rings. The van der Waals surface area contributed by atoms with Crippen molar-refractivity contribution >= 4 is 11.6 Å². The number of aliphatic hydroxyl groups is 1. The maximum absolute atomic E-state index is 13.2. The largest absolute Gasteiger partial charge is 0.496 e. The van der Waals surface area contributed by atoms with E-state index in [0.717, 1.165) is 18.4 Å². The lowest BCUT2D eigenvalue weighted by Crippen LogP contribution is -2.37. The van der Waals surface area contributed by atoms with Gasteiger partial charge in [0.15, 0.2) is 0 Å². The molecule has 1 unspecified atom stereocenters. The van der Waals surface area contributed by atoms with Gasteiger partial charge in [-0.05, 0) is 48.6 Å². The van der Waals surface area contributed by atoms with Crippen LogP contribution in [0.4, 0.5) is 8.78 Å². The van der Waals surface area contributed by atoms with Crippen LogP contribution in [0, 0.1) is 5.92 Å². The highest BCUT2D eigenvalue weighted by molar-refractivity contribution is 6.01. The number of pyridine rings is 1. The van der Waals surface area contributed by atoms with Crippen LogP contribution in [0.5, 0.6) is 11.5 Å². The van der Waals surface area contributed by atoms with E-state index in [2.05, 4.69) is 10.3 Å². The second kappa shape index (κ2) is 9.45. The fraction of sp³-hybridized carbons (Fsp3) is 0.462. The number of nitrogens with one attached hydrogen (secondary N) is 1. The summed E-state index contributed by atoms with van der Waals surface area (Å²) >= 11 is 0. The van der Waals surface area contributed by atoms with E-state index in [1.54, 1.807) is 12.3 Å². The normalized spacial score (nSPS) is 15.0. The highest BCUT2D eigenvalue weighted by atomic mass is 19.3. The highest BCUT2D eigenvalue weighted by Crippen LogP contribution is 2.38. The number of nitrogens with zero attached hydrogens (tertiary/aromatic N) is 2. The van der Waals surface area contributed by atoms with Gasteiger partial charge in [-0.2, -0.15) is 8.78 Å². The number of hydrogen-bond donors (Lipinski definition) is 2. The van der Waals surface area contributed by atoms with Crippen LogP contribution in [0.15, 0.2) is 36.7 Å². The molecular weight excluding hydrogens is 456 g/mol. The maximum Gasteiger partial charge on any atom is 0.387 e. The van der Waals surface area contributed by atoms with Crippen LogP contribution >= 0.6 is 0 Å². The van der Waals surface area contributed by atoms with Gasteiger partial charge in [-0.3, -0.25) is 9.20 Å². The molecule has 188 valence electrons. The number of amides is 1. The van der Waals surface area contributed by atoms with E-state index in [-0.39, 0.29) is 29.0 Å². The second-order valence-electron chi connectivity index (χ2n) is 9.88. The lowest BCUT2D eigenvalue weighted by molar-refractivity contribution is -0.0502. The van der Waals surface area contributed by atoms with Crippen molar-refractivity contribution in [2.45, 2.75) is 64.7 Å². The van der Waals surface area contributed by atoms with Crippen molar-refractivity contribution in [1.29, 1.82) is 0 Å². The molecule has 0 saturated heterocycles. The molecule has 0 spiro atoms. The van der Waals surface area contributed by atoms with Crippen molar-refractivity contribution in [2.24, 2.45) is 5.92 Å². The Hall–Kier alpha value is -3.20. The first-order valence-corrected chi connectivity index (χ1v) is 11.7. The van der Waals surface area contributed by atoms with Gasteiger partial charge in [-0.1, -0.05) is 27.7 Å². The molecule has 1 atom stereocenters. The van der Waals surface area contributed by atoms with Crippen LogP contribution in [-0.4, -0.2) is 46.3 Å². The third-order valence-corrected chi connectivity index (χ3v) is 6.57. The topological polar surface area (TPSA) is 85.1 Å². The predicted octanol–water partition coefficient (Wildman–Crippen LogP) is 4.80. The smallest absolute Gasteiger partial charge is 0.387 e. The molecule has 1 amide bonds. The summed E-state index contributed by atoms with van der Waals surface area (Å²) in [6, 6.07) is 6.87. The quantitative estimate of drug-likeness (QED) is 0.453. The second-order valence-corrected chi connectivity index (χ2v) is 9.88. The van der Waals surface area contributed by atoms with Crippen molar-refractivity contribution in [3.63, 3.8) is 0 Å². The number of benzene rings is 1. The summed E-state index contributed by atoms with van der Waals surface area (Å²) < 4.78 is 38.5. The summed E-state index contributed by atoms with van der Waals surface area (Å²) in [5, 5.41) is 13.5. The van der Waals surface area contributed by atoms with E-state index in [0.29, 0.717) is 16.9 Å². The number of alkyl halides is 2. The minimum absolute atomic E-state index is 0.0396. The number of methoxy groups -OCH3 is 1. The van der Waals surface area contributed by atoms with E-state index < -0.39 is 24.0 Å². The number of halogens is 2. The molecule has 1 aliphatic carbocycles. The van der Waals surface area contributed by atoms with Crippen LogP contribution in [-0.2, 0) is 5.41 Å². The monoisotopic (exact) mass is 487 g/mol. The van der Waals surface area contributed by atoms with Crippen molar-refractivity contribution < 1.29 is 28.2 Å². The highest BCUT2D eigenvalue weighted by Gasteiger charge is 2.33. The number of imidazole rings is 1. The molecule has 1 aliphatic rings. The van der Waals surface area contributed by atoms with E-state index in [9.17, 15) is 18.7 Å². The first-order valence-electron chi connectivity index (χ1n) is 11.7. The zero-order chi connectivity index (χ0) is 25.5. The van der Waals surface area contributed by atoms with Gasteiger partial charge in [0.1, 0.15) is 22.7 Å². The number of ether oxygens (including phenoxy) is 2. The third-order valence-electron chi connectivity index (χ3n) is 6.57. The van der Waals surface area contributed by atoms with Gasteiger partial charge in [0, 0.05) is 23.2 Å². The van der Waals surface area contributed by atoms with Crippen LogP contribution < -0.4 is 14.8 Å². The Labute approximate surface area is 203 Å². The summed E-state index contributed by atoms with van der Waals surface area (Å²) in [5.41, 5.74) is 2.11. The number of aliphatic hydroxyl groups excluding tert-OH is 1. The summed E-state index contributed by atoms with van der Waals surface area (Å²) in [4.78, 5) is 17.3. The molecule has 2 aromatic heterocycles. The molecule has 1 saturated carbocycles. The van der Waals surface area contributed by atoms with Crippen LogP contribution in [0.1, 0.15) is 56.5 Å². The fourth-order valence-electron chi connectivity index (χ4n) is 4.40. The van der Waals surface area contributed by atoms with Crippen molar-refractivity contribution in [3.05, 3.63) is 47.8 Å². The first kappa shape index (κ1) is 24.9. The molecule has 1 aromatic carbocycles. The van der Waals surface area contributed by atoms with E-state index in [4.69, 9.17) is 9.47 Å². The number of hydrogen-bond acceptors (Lipinski definition) is 5. The van der Waals surface area contributed by atoms with E-state index in [1.165, 1.54) is 13.2 Å². The average molecular weight is 488 g/mol. The third kappa shape index (κ3) is 4.96. The van der Waals surface area contributed by atoms with Gasteiger partial charge in [0.2, 0.25) is 0 Å². The lowest BCUT2D eigenvalue weighted by Gasteiger charge is -2.33. The summed E-state index contributed by atoms with van der Waals surface area (Å²) in [6.45, 7) is 4.80. The lowest BCUT2D eigenvalue weighted by atomic mass is 9.75. The van der Waals surface area contributed by atoms with Crippen LogP contribution in [0.2, 0.25) is 0 Å². The molecule has 0 aliphatic heterocycles. The minimum atomic E-state index is -3.11. The average Bonchev–Trinajstić information content (AvgIpc) is 3.51. The molecule has 9 heteroatoms. The molecule has 35 heavy (non-hydrogen) atoms. The van der Waals surface area contributed by atoms with Gasteiger partial charge >= 0.3 is 6.61 Å². The summed E-state index contributed by atoms with van der Waals surface area (Å²) in [5.74, 6) is -0.572. The zero-order valence-electron chi connectivity index (χ0n) is 20.5. The van der Waals surface area contributed by atoms with Crippen LogP contribution in [0.25, 0.3) is 16.9 Å². The summed E-state index contributed by atoms with van der Waals surface area (Å²) in [7, 11) is 1.38.